The highest BCUT2D eigenvalue weighted by Gasteiger charge is 2.17. The minimum Gasteiger partial charge on any atom is -0.274 e. The van der Waals surface area contributed by atoms with Crippen LogP contribution in [0.4, 0.5) is 0 Å². The highest BCUT2D eigenvalue weighted by atomic mass is 35.5. The van der Waals surface area contributed by atoms with Crippen molar-refractivity contribution in [3.63, 3.8) is 0 Å². The summed E-state index contributed by atoms with van der Waals surface area (Å²) in [6.45, 7) is 3.33. The molecule has 1 aliphatic heterocycles. The molecule has 0 fully saturated rings. The van der Waals surface area contributed by atoms with Crippen molar-refractivity contribution in [2.24, 2.45) is 10.1 Å². The van der Waals surface area contributed by atoms with E-state index in [0.717, 1.165) is 11.3 Å². The van der Waals surface area contributed by atoms with Gasteiger partial charge in [0.1, 0.15) is 0 Å². The molecule has 19 heavy (non-hydrogen) atoms. The molecule has 2 rings (SSSR count). The lowest BCUT2D eigenvalue weighted by Crippen LogP contribution is -2.48. The third kappa shape index (κ3) is 3.45. The summed E-state index contributed by atoms with van der Waals surface area (Å²) in [7, 11) is 0. The number of guanidine groups is 1. The fourth-order valence-electron chi connectivity index (χ4n) is 1.62. The first kappa shape index (κ1) is 13.4. The van der Waals surface area contributed by atoms with Gasteiger partial charge in [-0.05, 0) is 19.1 Å². The number of benzene rings is 1. The molecule has 1 aromatic carbocycles. The first-order chi connectivity index (χ1) is 9.06. The fraction of sp³-hybridized carbons (Fsp3) is 0.250. The Balaban J connectivity index is 2.07. The molecule has 0 aromatic heterocycles. The maximum Gasteiger partial charge on any atom is 0.235 e. The summed E-state index contributed by atoms with van der Waals surface area (Å²) in [4.78, 5) is 15.1. The summed E-state index contributed by atoms with van der Waals surface area (Å²) >= 11 is 5.85. The monoisotopic (exact) mass is 279 g/mol. The van der Waals surface area contributed by atoms with Crippen LogP contribution in [0.3, 0.4) is 0 Å². The molecule has 3 N–H and O–H groups in total. The lowest BCUT2D eigenvalue weighted by atomic mass is 10.0. The van der Waals surface area contributed by atoms with Crippen molar-refractivity contribution in [1.29, 1.82) is 0 Å². The van der Waals surface area contributed by atoms with E-state index in [4.69, 9.17) is 11.6 Å². The van der Waals surface area contributed by atoms with Crippen molar-refractivity contribution in [3.05, 3.63) is 34.9 Å². The third-order valence-corrected chi connectivity index (χ3v) is 2.75. The third-order valence-electron chi connectivity index (χ3n) is 2.50. The molecule has 1 unspecified atom stereocenters. The number of carbonyl (C=O) groups excluding carboxylic acids is 1. The van der Waals surface area contributed by atoms with Crippen molar-refractivity contribution in [2.45, 2.75) is 19.9 Å². The Morgan fingerprint density at radius 3 is 2.63 bits per heavy atom. The van der Waals surface area contributed by atoms with Gasteiger partial charge in [0.05, 0.1) is 11.8 Å². The van der Waals surface area contributed by atoms with Crippen molar-refractivity contribution >= 4 is 29.2 Å². The largest absolute Gasteiger partial charge is 0.274 e. The average Bonchev–Trinajstić information content (AvgIpc) is 2.38. The molecule has 0 spiro atoms. The summed E-state index contributed by atoms with van der Waals surface area (Å²) in [5.74, 6) is 0.199. The molecule has 6 nitrogen and oxygen atoms in total. The number of rotatable bonds is 1. The standard InChI is InChI=1S/C12H14ClN5O/c1-7-11(9-3-5-10(13)6-4-9)16-18-12(14-7)17-15-8(2)19/h3-7H,1-2H3,(H,15,19)(H2,14,17,18). The molecular weight excluding hydrogens is 266 g/mol. The van der Waals surface area contributed by atoms with Crippen LogP contribution in [0.25, 0.3) is 0 Å². The number of hydrogen-bond donors (Lipinski definition) is 3. The average molecular weight is 280 g/mol. The van der Waals surface area contributed by atoms with E-state index in [-0.39, 0.29) is 11.9 Å². The van der Waals surface area contributed by atoms with E-state index in [1.54, 1.807) is 12.1 Å². The van der Waals surface area contributed by atoms with E-state index >= 15 is 0 Å². The predicted octanol–water partition coefficient (Wildman–Crippen LogP) is 1.03. The van der Waals surface area contributed by atoms with Gasteiger partial charge in [-0.25, -0.2) is 10.4 Å². The first-order valence-electron chi connectivity index (χ1n) is 5.76. The maximum absolute atomic E-state index is 10.8. The molecule has 1 amide bonds. The van der Waals surface area contributed by atoms with Crippen LogP contribution < -0.4 is 16.3 Å². The lowest BCUT2D eigenvalue weighted by molar-refractivity contribution is -0.119. The summed E-state index contributed by atoms with van der Waals surface area (Å²) in [5, 5.41) is 4.93. The molecular formula is C12H14ClN5O. The molecule has 1 atom stereocenters. The van der Waals surface area contributed by atoms with Crippen LogP contribution in [0, 0.1) is 0 Å². The van der Waals surface area contributed by atoms with Crippen LogP contribution in [0.5, 0.6) is 0 Å². The summed E-state index contributed by atoms with van der Waals surface area (Å²) in [6, 6.07) is 7.27. The van der Waals surface area contributed by atoms with Gasteiger partial charge in [0.25, 0.3) is 0 Å². The SMILES string of the molecule is CC(=O)NNC1=NC(C)C(c2ccc(Cl)cc2)=NN1. The van der Waals surface area contributed by atoms with Gasteiger partial charge >= 0.3 is 0 Å². The smallest absolute Gasteiger partial charge is 0.235 e. The Bertz CT molecular complexity index is 538. The van der Waals surface area contributed by atoms with Crippen LogP contribution in [0.2, 0.25) is 5.02 Å². The number of halogens is 1. The summed E-state index contributed by atoms with van der Waals surface area (Å²) in [6.07, 6.45) is 0. The Morgan fingerprint density at radius 2 is 2.05 bits per heavy atom. The van der Waals surface area contributed by atoms with Crippen molar-refractivity contribution in [2.75, 3.05) is 0 Å². The number of nitrogens with zero attached hydrogens (tertiary/aromatic N) is 2. The van der Waals surface area contributed by atoms with E-state index in [1.165, 1.54) is 6.92 Å². The van der Waals surface area contributed by atoms with Crippen LogP contribution in [-0.2, 0) is 4.79 Å². The van der Waals surface area contributed by atoms with Crippen LogP contribution in [-0.4, -0.2) is 23.6 Å². The van der Waals surface area contributed by atoms with E-state index in [9.17, 15) is 4.79 Å². The highest BCUT2D eigenvalue weighted by molar-refractivity contribution is 6.30. The Hall–Kier alpha value is -2.08. The molecule has 1 aliphatic rings. The quantitative estimate of drug-likeness (QED) is 0.672. The molecule has 0 radical (unpaired) electrons. The number of hydrazine groups is 1. The molecule has 0 saturated heterocycles. The Kier molecular flexibility index (Phi) is 4.01. The van der Waals surface area contributed by atoms with E-state index < -0.39 is 0 Å². The van der Waals surface area contributed by atoms with E-state index in [1.807, 2.05) is 19.1 Å². The number of carbonyl (C=O) groups is 1. The molecule has 0 saturated carbocycles. The Labute approximate surface area is 115 Å². The van der Waals surface area contributed by atoms with Gasteiger partial charge in [-0.15, -0.1) is 0 Å². The number of hydrazone groups is 1. The second-order valence-corrected chi connectivity index (χ2v) is 4.51. The van der Waals surface area contributed by atoms with Crippen molar-refractivity contribution in [3.8, 4) is 0 Å². The minimum absolute atomic E-state index is 0.126. The second kappa shape index (κ2) is 5.71. The summed E-state index contributed by atoms with van der Waals surface area (Å²) < 4.78 is 0. The minimum atomic E-state index is -0.204. The normalized spacial score (nSPS) is 17.9. The van der Waals surface area contributed by atoms with Gasteiger partial charge in [0.2, 0.25) is 11.9 Å². The van der Waals surface area contributed by atoms with Gasteiger partial charge in [-0.2, -0.15) is 5.10 Å². The predicted molar refractivity (Wildman–Crippen MR) is 75.0 cm³/mol. The second-order valence-electron chi connectivity index (χ2n) is 4.08. The first-order valence-corrected chi connectivity index (χ1v) is 6.14. The Morgan fingerprint density at radius 1 is 1.37 bits per heavy atom. The number of aliphatic imine (C=N–C) groups is 1. The lowest BCUT2D eigenvalue weighted by Gasteiger charge is -2.20. The summed E-state index contributed by atoms with van der Waals surface area (Å²) in [5.41, 5.74) is 9.58. The van der Waals surface area contributed by atoms with E-state index in [0.29, 0.717) is 11.0 Å². The van der Waals surface area contributed by atoms with Gasteiger partial charge in [0, 0.05) is 17.5 Å². The van der Waals surface area contributed by atoms with Crippen LogP contribution >= 0.6 is 11.6 Å². The van der Waals surface area contributed by atoms with Crippen LogP contribution in [0.1, 0.15) is 19.4 Å². The highest BCUT2D eigenvalue weighted by Crippen LogP contribution is 2.14. The molecule has 0 aliphatic carbocycles. The zero-order valence-corrected chi connectivity index (χ0v) is 11.3. The topological polar surface area (TPSA) is 77.9 Å². The number of amides is 1. The van der Waals surface area contributed by atoms with Crippen molar-refractivity contribution < 1.29 is 4.79 Å². The molecule has 1 heterocycles. The zero-order valence-electron chi connectivity index (χ0n) is 10.6. The van der Waals surface area contributed by atoms with Crippen molar-refractivity contribution in [1.82, 2.24) is 16.3 Å². The molecule has 1 aromatic rings. The van der Waals surface area contributed by atoms with Crippen LogP contribution in [0.15, 0.2) is 34.4 Å². The van der Waals surface area contributed by atoms with Gasteiger partial charge in [-0.3, -0.25) is 15.6 Å². The zero-order chi connectivity index (χ0) is 13.8. The van der Waals surface area contributed by atoms with Gasteiger partial charge in [0.15, 0.2) is 0 Å². The fourth-order valence-corrected chi connectivity index (χ4v) is 1.75. The molecule has 7 heteroatoms. The maximum atomic E-state index is 10.8. The number of hydrogen-bond acceptors (Lipinski definition) is 5. The number of nitrogens with one attached hydrogen (secondary N) is 3. The van der Waals surface area contributed by atoms with Gasteiger partial charge < -0.3 is 0 Å². The molecule has 0 bridgehead atoms. The van der Waals surface area contributed by atoms with Gasteiger partial charge in [-0.1, -0.05) is 23.7 Å². The molecule has 100 valence electrons. The van der Waals surface area contributed by atoms with E-state index in [2.05, 4.69) is 26.4 Å².